The van der Waals surface area contributed by atoms with Crippen LogP contribution in [0.5, 0.6) is 0 Å². The highest BCUT2D eigenvalue weighted by atomic mass is 14.9. The van der Waals surface area contributed by atoms with Gasteiger partial charge in [0.1, 0.15) is 0 Å². The van der Waals surface area contributed by atoms with Crippen LogP contribution >= 0.6 is 0 Å². The average molecular weight is 278 g/mol. The molecule has 0 saturated carbocycles. The first-order valence-electron chi connectivity index (χ1n) is 7.57. The molecule has 0 aliphatic rings. The van der Waals surface area contributed by atoms with Crippen molar-refractivity contribution in [3.63, 3.8) is 0 Å². The van der Waals surface area contributed by atoms with Crippen LogP contribution in [-0.4, -0.2) is 26.2 Å². The zero-order chi connectivity index (χ0) is 15.5. The lowest BCUT2D eigenvalue weighted by Crippen LogP contribution is -2.29. The molecule has 0 rings (SSSR count). The largest absolute Gasteiger partial charge is 0.315 e. The average Bonchev–Trinajstić information content (AvgIpc) is 2.41. The highest BCUT2D eigenvalue weighted by molar-refractivity contribution is 4.93. The summed E-state index contributed by atoms with van der Waals surface area (Å²) in [5.41, 5.74) is -0.533. The zero-order valence-corrected chi connectivity index (χ0v) is 13.6. The van der Waals surface area contributed by atoms with E-state index in [0.717, 1.165) is 39.0 Å². The van der Waals surface area contributed by atoms with Crippen LogP contribution in [0.15, 0.2) is 0 Å². The van der Waals surface area contributed by atoms with Gasteiger partial charge < -0.3 is 10.6 Å². The molecular formula is C16H30N4. The van der Waals surface area contributed by atoms with Crippen molar-refractivity contribution in [2.75, 3.05) is 26.2 Å². The summed E-state index contributed by atoms with van der Waals surface area (Å²) in [7, 11) is 0. The second-order valence-corrected chi connectivity index (χ2v) is 6.76. The SMILES string of the molecule is CC(C)(C#N)CNCCCCCCNCC(C)(C)C#N. The Morgan fingerprint density at radius 2 is 1.05 bits per heavy atom. The first kappa shape index (κ1) is 18.9. The molecule has 0 unspecified atom stereocenters. The number of hydrogen-bond donors (Lipinski definition) is 2. The van der Waals surface area contributed by atoms with Gasteiger partial charge in [0.2, 0.25) is 0 Å². The Kier molecular flexibility index (Phi) is 9.21. The molecule has 20 heavy (non-hydrogen) atoms. The molecule has 0 saturated heterocycles. The van der Waals surface area contributed by atoms with E-state index in [0.29, 0.717) is 0 Å². The molecule has 2 N–H and O–H groups in total. The maximum Gasteiger partial charge on any atom is 0.0697 e. The molecule has 0 aliphatic heterocycles. The van der Waals surface area contributed by atoms with Crippen LogP contribution in [-0.2, 0) is 0 Å². The van der Waals surface area contributed by atoms with Crippen molar-refractivity contribution in [1.29, 1.82) is 10.5 Å². The summed E-state index contributed by atoms with van der Waals surface area (Å²) in [6.07, 6.45) is 4.74. The van der Waals surface area contributed by atoms with E-state index in [9.17, 15) is 0 Å². The molecule has 0 aromatic rings. The summed E-state index contributed by atoms with van der Waals surface area (Å²) in [6.45, 7) is 11.3. The van der Waals surface area contributed by atoms with E-state index in [4.69, 9.17) is 10.5 Å². The summed E-state index contributed by atoms with van der Waals surface area (Å²) >= 11 is 0. The molecule has 114 valence electrons. The standard InChI is InChI=1S/C16H30N4/c1-15(2,11-17)13-19-9-7-5-6-8-10-20-14-16(3,4)12-18/h19-20H,5-10,13-14H2,1-4H3. The van der Waals surface area contributed by atoms with Crippen molar-refractivity contribution in [2.24, 2.45) is 10.8 Å². The van der Waals surface area contributed by atoms with Gasteiger partial charge in [-0.2, -0.15) is 10.5 Å². The highest BCUT2D eigenvalue weighted by Crippen LogP contribution is 2.11. The quantitative estimate of drug-likeness (QED) is 0.570. The predicted octanol–water partition coefficient (Wildman–Crippen LogP) is 2.83. The van der Waals surface area contributed by atoms with Crippen molar-refractivity contribution in [3.8, 4) is 12.1 Å². The molecule has 0 amide bonds. The Bertz CT molecular complexity index is 299. The van der Waals surface area contributed by atoms with E-state index < -0.39 is 0 Å². The normalized spacial score (nSPS) is 11.9. The lowest BCUT2D eigenvalue weighted by atomic mass is 9.96. The highest BCUT2D eigenvalue weighted by Gasteiger charge is 2.15. The second kappa shape index (κ2) is 9.75. The smallest absolute Gasteiger partial charge is 0.0697 e. The van der Waals surface area contributed by atoms with Gasteiger partial charge in [-0.3, -0.25) is 0 Å². The first-order chi connectivity index (χ1) is 9.33. The molecule has 0 aliphatic carbocycles. The molecule has 0 radical (unpaired) electrons. The fraction of sp³-hybridized carbons (Fsp3) is 0.875. The van der Waals surface area contributed by atoms with E-state index in [1.807, 2.05) is 27.7 Å². The summed E-state index contributed by atoms with van der Waals surface area (Å²) in [5.74, 6) is 0. The Morgan fingerprint density at radius 1 is 0.700 bits per heavy atom. The molecule has 0 aromatic carbocycles. The molecule has 0 atom stereocenters. The Labute approximate surface area is 124 Å². The Balaban J connectivity index is 3.31. The summed E-state index contributed by atoms with van der Waals surface area (Å²) < 4.78 is 0. The van der Waals surface area contributed by atoms with Crippen LogP contribution < -0.4 is 10.6 Å². The number of nitrogens with one attached hydrogen (secondary N) is 2. The van der Waals surface area contributed by atoms with Crippen LogP contribution in [0.4, 0.5) is 0 Å². The maximum atomic E-state index is 8.88. The van der Waals surface area contributed by atoms with E-state index in [2.05, 4.69) is 22.8 Å². The van der Waals surface area contributed by atoms with Gasteiger partial charge >= 0.3 is 0 Å². The molecule has 0 spiro atoms. The second-order valence-electron chi connectivity index (χ2n) is 6.76. The third-order valence-electron chi connectivity index (χ3n) is 3.20. The van der Waals surface area contributed by atoms with E-state index >= 15 is 0 Å². The Morgan fingerprint density at radius 3 is 1.35 bits per heavy atom. The monoisotopic (exact) mass is 278 g/mol. The number of unbranched alkanes of at least 4 members (excludes halogenated alkanes) is 3. The fourth-order valence-corrected chi connectivity index (χ4v) is 1.73. The van der Waals surface area contributed by atoms with Gasteiger partial charge in [-0.1, -0.05) is 12.8 Å². The minimum atomic E-state index is -0.266. The molecule has 0 heterocycles. The summed E-state index contributed by atoms with van der Waals surface area (Å²) in [6, 6.07) is 4.58. The molecule has 0 bridgehead atoms. The zero-order valence-electron chi connectivity index (χ0n) is 13.6. The van der Waals surface area contributed by atoms with Gasteiger partial charge in [-0.15, -0.1) is 0 Å². The molecule has 4 nitrogen and oxygen atoms in total. The van der Waals surface area contributed by atoms with Gasteiger partial charge in [0.25, 0.3) is 0 Å². The fourth-order valence-electron chi connectivity index (χ4n) is 1.73. The van der Waals surface area contributed by atoms with Crippen molar-refractivity contribution < 1.29 is 0 Å². The first-order valence-corrected chi connectivity index (χ1v) is 7.57. The molecular weight excluding hydrogens is 248 g/mol. The lowest BCUT2D eigenvalue weighted by Gasteiger charge is -2.16. The molecule has 0 fully saturated rings. The molecule has 0 aromatic heterocycles. The summed E-state index contributed by atoms with van der Waals surface area (Å²) in [4.78, 5) is 0. The minimum absolute atomic E-state index is 0.266. The van der Waals surface area contributed by atoms with Gasteiger partial charge in [0, 0.05) is 13.1 Å². The maximum absolute atomic E-state index is 8.88. The third-order valence-corrected chi connectivity index (χ3v) is 3.20. The van der Waals surface area contributed by atoms with Crippen LogP contribution in [0.25, 0.3) is 0 Å². The van der Waals surface area contributed by atoms with Crippen LogP contribution in [0.2, 0.25) is 0 Å². The van der Waals surface area contributed by atoms with Crippen LogP contribution in [0, 0.1) is 33.5 Å². The number of hydrogen-bond acceptors (Lipinski definition) is 4. The topological polar surface area (TPSA) is 71.6 Å². The van der Waals surface area contributed by atoms with Gasteiger partial charge in [-0.05, 0) is 53.6 Å². The third kappa shape index (κ3) is 10.8. The van der Waals surface area contributed by atoms with Gasteiger partial charge in [0.05, 0.1) is 23.0 Å². The van der Waals surface area contributed by atoms with Gasteiger partial charge in [0.15, 0.2) is 0 Å². The number of rotatable bonds is 11. The molecule has 4 heteroatoms. The van der Waals surface area contributed by atoms with Crippen molar-refractivity contribution in [1.82, 2.24) is 10.6 Å². The van der Waals surface area contributed by atoms with E-state index in [-0.39, 0.29) is 10.8 Å². The van der Waals surface area contributed by atoms with Crippen LogP contribution in [0.3, 0.4) is 0 Å². The van der Waals surface area contributed by atoms with Crippen molar-refractivity contribution in [3.05, 3.63) is 0 Å². The van der Waals surface area contributed by atoms with Crippen LogP contribution in [0.1, 0.15) is 53.4 Å². The van der Waals surface area contributed by atoms with E-state index in [1.165, 1.54) is 12.8 Å². The predicted molar refractivity (Wildman–Crippen MR) is 83.0 cm³/mol. The van der Waals surface area contributed by atoms with E-state index in [1.54, 1.807) is 0 Å². The Hall–Kier alpha value is -1.10. The minimum Gasteiger partial charge on any atom is -0.315 e. The van der Waals surface area contributed by atoms with Crippen molar-refractivity contribution >= 4 is 0 Å². The van der Waals surface area contributed by atoms with Crippen molar-refractivity contribution in [2.45, 2.75) is 53.4 Å². The number of nitriles is 2. The lowest BCUT2D eigenvalue weighted by molar-refractivity contribution is 0.430. The van der Waals surface area contributed by atoms with Gasteiger partial charge in [-0.25, -0.2) is 0 Å². The summed E-state index contributed by atoms with van der Waals surface area (Å²) in [5, 5.41) is 24.4. The number of nitrogens with zero attached hydrogens (tertiary/aromatic N) is 2.